The highest BCUT2D eigenvalue weighted by molar-refractivity contribution is 6.42. The molecule has 0 radical (unpaired) electrons. The molecular weight excluding hydrogens is 269 g/mol. The van der Waals surface area contributed by atoms with Crippen molar-refractivity contribution in [3.8, 4) is 0 Å². The van der Waals surface area contributed by atoms with Gasteiger partial charge in [-0.25, -0.2) is 0 Å². The summed E-state index contributed by atoms with van der Waals surface area (Å²) in [5.74, 6) is 0.722. The Labute approximate surface area is 119 Å². The molecule has 0 spiro atoms. The van der Waals surface area contributed by atoms with E-state index >= 15 is 0 Å². The molecule has 0 amide bonds. The molecule has 2 rings (SSSR count). The lowest BCUT2D eigenvalue weighted by atomic mass is 9.99. The van der Waals surface area contributed by atoms with Gasteiger partial charge in [-0.3, -0.25) is 0 Å². The van der Waals surface area contributed by atoms with Crippen LogP contribution in [0.25, 0.3) is 0 Å². The first-order valence-corrected chi connectivity index (χ1v) is 7.17. The average Bonchev–Trinajstić information content (AvgIpc) is 2.32. The van der Waals surface area contributed by atoms with Crippen LogP contribution in [-0.2, 0) is 0 Å². The third kappa shape index (κ3) is 3.61. The van der Waals surface area contributed by atoms with Crippen LogP contribution in [0.4, 0.5) is 0 Å². The van der Waals surface area contributed by atoms with Crippen LogP contribution in [0.1, 0.15) is 31.4 Å². The van der Waals surface area contributed by atoms with Crippen molar-refractivity contribution in [2.75, 3.05) is 19.6 Å². The Kier molecular flexibility index (Phi) is 4.91. The van der Waals surface area contributed by atoms with Gasteiger partial charge in [0.15, 0.2) is 0 Å². The molecule has 1 fully saturated rings. The summed E-state index contributed by atoms with van der Waals surface area (Å²) >= 11 is 11.8. The molecular formula is C14H19Cl2NO. The molecule has 2 unspecified atom stereocenters. The van der Waals surface area contributed by atoms with Crippen molar-refractivity contribution in [3.63, 3.8) is 0 Å². The van der Waals surface area contributed by atoms with Gasteiger partial charge in [-0.05, 0) is 43.0 Å². The molecule has 0 aliphatic carbocycles. The lowest BCUT2D eigenvalue weighted by Crippen LogP contribution is -2.37. The number of piperidine rings is 1. The number of hydrogen-bond donors (Lipinski definition) is 1. The number of hydrogen-bond acceptors (Lipinski definition) is 2. The molecule has 0 bridgehead atoms. The van der Waals surface area contributed by atoms with E-state index in [-0.39, 0.29) is 0 Å². The summed E-state index contributed by atoms with van der Waals surface area (Å²) < 4.78 is 0. The van der Waals surface area contributed by atoms with Crippen LogP contribution < -0.4 is 0 Å². The van der Waals surface area contributed by atoms with Crippen molar-refractivity contribution in [2.45, 2.75) is 25.9 Å². The van der Waals surface area contributed by atoms with Crippen LogP contribution in [-0.4, -0.2) is 29.6 Å². The predicted octanol–water partition coefficient (Wildman–Crippen LogP) is 3.76. The number of halogens is 2. The van der Waals surface area contributed by atoms with E-state index in [9.17, 15) is 5.11 Å². The highest BCUT2D eigenvalue weighted by atomic mass is 35.5. The molecule has 18 heavy (non-hydrogen) atoms. The summed E-state index contributed by atoms with van der Waals surface area (Å²) in [5, 5.41) is 11.3. The topological polar surface area (TPSA) is 23.5 Å². The minimum atomic E-state index is -0.495. The van der Waals surface area contributed by atoms with Gasteiger partial charge in [0.2, 0.25) is 0 Å². The van der Waals surface area contributed by atoms with Gasteiger partial charge in [-0.15, -0.1) is 0 Å². The molecule has 2 nitrogen and oxygen atoms in total. The minimum absolute atomic E-state index is 0.495. The van der Waals surface area contributed by atoms with E-state index in [0.717, 1.165) is 24.6 Å². The monoisotopic (exact) mass is 287 g/mol. The number of benzene rings is 1. The van der Waals surface area contributed by atoms with Gasteiger partial charge in [-0.1, -0.05) is 36.2 Å². The molecule has 1 N–H and O–H groups in total. The Bertz CT molecular complexity index is 411. The summed E-state index contributed by atoms with van der Waals surface area (Å²) in [4.78, 5) is 2.32. The van der Waals surface area contributed by atoms with Gasteiger partial charge in [0.1, 0.15) is 0 Å². The first-order chi connectivity index (χ1) is 8.56. The predicted molar refractivity (Wildman–Crippen MR) is 76.3 cm³/mol. The highest BCUT2D eigenvalue weighted by Gasteiger charge is 2.19. The molecule has 1 aliphatic rings. The number of β-amino-alcohol motifs (C(OH)–C–C–N with tert-alkyl or cyclic N) is 1. The zero-order valence-electron chi connectivity index (χ0n) is 10.6. The maximum absolute atomic E-state index is 10.2. The second kappa shape index (κ2) is 6.25. The number of rotatable bonds is 3. The highest BCUT2D eigenvalue weighted by Crippen LogP contribution is 2.26. The van der Waals surface area contributed by atoms with Crippen molar-refractivity contribution >= 4 is 23.2 Å². The van der Waals surface area contributed by atoms with Gasteiger partial charge in [0.05, 0.1) is 16.1 Å². The van der Waals surface area contributed by atoms with Crippen molar-refractivity contribution in [1.29, 1.82) is 0 Å². The van der Waals surface area contributed by atoms with Gasteiger partial charge >= 0.3 is 0 Å². The smallest absolute Gasteiger partial charge is 0.0917 e. The Morgan fingerprint density at radius 3 is 2.83 bits per heavy atom. The number of nitrogens with zero attached hydrogens (tertiary/aromatic N) is 1. The van der Waals surface area contributed by atoms with E-state index in [1.807, 2.05) is 6.07 Å². The van der Waals surface area contributed by atoms with E-state index in [1.54, 1.807) is 12.1 Å². The summed E-state index contributed by atoms with van der Waals surface area (Å²) in [5.41, 5.74) is 0.836. The normalized spacial score (nSPS) is 23.0. The largest absolute Gasteiger partial charge is 0.387 e. The van der Waals surface area contributed by atoms with E-state index in [0.29, 0.717) is 16.6 Å². The fraction of sp³-hybridized carbons (Fsp3) is 0.571. The zero-order valence-corrected chi connectivity index (χ0v) is 12.1. The van der Waals surface area contributed by atoms with Gasteiger partial charge in [0.25, 0.3) is 0 Å². The number of likely N-dealkylation sites (tertiary alicyclic amines) is 1. The van der Waals surface area contributed by atoms with Crippen LogP contribution in [0.5, 0.6) is 0 Å². The van der Waals surface area contributed by atoms with E-state index < -0.39 is 6.10 Å². The van der Waals surface area contributed by atoms with E-state index in [2.05, 4.69) is 11.8 Å². The molecule has 2 atom stereocenters. The Morgan fingerprint density at radius 2 is 2.17 bits per heavy atom. The molecule has 1 aromatic carbocycles. The van der Waals surface area contributed by atoms with Gasteiger partial charge in [0, 0.05) is 13.1 Å². The van der Waals surface area contributed by atoms with E-state index in [1.165, 1.54) is 12.8 Å². The Morgan fingerprint density at radius 1 is 1.39 bits per heavy atom. The third-order valence-corrected chi connectivity index (χ3v) is 4.24. The maximum atomic E-state index is 10.2. The molecule has 4 heteroatoms. The summed E-state index contributed by atoms with van der Waals surface area (Å²) in [6, 6.07) is 5.33. The van der Waals surface area contributed by atoms with Crippen LogP contribution in [0.3, 0.4) is 0 Å². The zero-order chi connectivity index (χ0) is 13.1. The van der Waals surface area contributed by atoms with Crippen LogP contribution in [0.2, 0.25) is 10.0 Å². The summed E-state index contributed by atoms with van der Waals surface area (Å²) in [6.45, 7) is 5.07. The molecule has 1 heterocycles. The second-order valence-corrected chi connectivity index (χ2v) is 6.01. The standard InChI is InChI=1S/C14H19Cl2NO/c1-10-3-2-6-17(8-10)9-14(18)11-4-5-12(15)13(16)7-11/h4-5,7,10,14,18H,2-3,6,8-9H2,1H3. The molecule has 100 valence electrons. The van der Waals surface area contributed by atoms with E-state index in [4.69, 9.17) is 23.2 Å². The maximum Gasteiger partial charge on any atom is 0.0917 e. The van der Waals surface area contributed by atoms with Gasteiger partial charge in [-0.2, -0.15) is 0 Å². The van der Waals surface area contributed by atoms with Crippen molar-refractivity contribution in [3.05, 3.63) is 33.8 Å². The molecule has 1 aliphatic heterocycles. The minimum Gasteiger partial charge on any atom is -0.387 e. The summed E-state index contributed by atoms with van der Waals surface area (Å²) in [6.07, 6.45) is 2.01. The van der Waals surface area contributed by atoms with Crippen molar-refractivity contribution in [1.82, 2.24) is 4.90 Å². The number of aliphatic hydroxyl groups excluding tert-OH is 1. The van der Waals surface area contributed by atoms with Crippen molar-refractivity contribution in [2.24, 2.45) is 5.92 Å². The van der Waals surface area contributed by atoms with Gasteiger partial charge < -0.3 is 10.0 Å². The SMILES string of the molecule is CC1CCCN(CC(O)c2ccc(Cl)c(Cl)c2)C1. The van der Waals surface area contributed by atoms with Crippen LogP contribution in [0.15, 0.2) is 18.2 Å². The fourth-order valence-corrected chi connectivity index (χ4v) is 2.83. The van der Waals surface area contributed by atoms with Crippen molar-refractivity contribution < 1.29 is 5.11 Å². The first-order valence-electron chi connectivity index (χ1n) is 6.41. The molecule has 1 saturated heterocycles. The first kappa shape index (κ1) is 14.1. The average molecular weight is 288 g/mol. The lowest BCUT2D eigenvalue weighted by Gasteiger charge is -2.32. The molecule has 0 aromatic heterocycles. The van der Waals surface area contributed by atoms with Crippen LogP contribution >= 0.6 is 23.2 Å². The fourth-order valence-electron chi connectivity index (χ4n) is 2.52. The van der Waals surface area contributed by atoms with Crippen LogP contribution in [0, 0.1) is 5.92 Å². The molecule has 0 saturated carbocycles. The Hall–Kier alpha value is -0.280. The number of aliphatic hydroxyl groups is 1. The third-order valence-electron chi connectivity index (χ3n) is 3.50. The summed E-state index contributed by atoms with van der Waals surface area (Å²) in [7, 11) is 0. The molecule has 1 aromatic rings. The lowest BCUT2D eigenvalue weighted by molar-refractivity contribution is 0.0876. The quantitative estimate of drug-likeness (QED) is 0.915. The second-order valence-electron chi connectivity index (χ2n) is 5.20. The Balaban J connectivity index is 1.98.